The van der Waals surface area contributed by atoms with E-state index in [9.17, 15) is 0 Å². The summed E-state index contributed by atoms with van der Waals surface area (Å²) in [5, 5.41) is 0. The molecule has 3 rings (SSSR count). The summed E-state index contributed by atoms with van der Waals surface area (Å²) in [7, 11) is 0. The zero-order valence-electron chi connectivity index (χ0n) is 11.0. The van der Waals surface area contributed by atoms with Crippen LogP contribution < -0.4 is 11.3 Å². The van der Waals surface area contributed by atoms with Crippen LogP contribution in [0.5, 0.6) is 0 Å². The Labute approximate surface area is 109 Å². The number of rotatable bonds is 4. The summed E-state index contributed by atoms with van der Waals surface area (Å²) < 4.78 is 5.91. The van der Waals surface area contributed by atoms with Crippen LogP contribution >= 0.6 is 0 Å². The summed E-state index contributed by atoms with van der Waals surface area (Å²) in [6.07, 6.45) is 4.51. The van der Waals surface area contributed by atoms with Crippen molar-refractivity contribution in [3.05, 3.63) is 35.4 Å². The SMILES string of the molecule is CC1(C(CC2Cc3ccccc32)NN)CCCO1. The van der Waals surface area contributed by atoms with Gasteiger partial charge in [-0.15, -0.1) is 0 Å². The van der Waals surface area contributed by atoms with Gasteiger partial charge in [-0.1, -0.05) is 24.3 Å². The molecule has 1 saturated heterocycles. The monoisotopic (exact) mass is 246 g/mol. The highest BCUT2D eigenvalue weighted by molar-refractivity contribution is 5.40. The van der Waals surface area contributed by atoms with Crippen molar-refractivity contribution in [3.63, 3.8) is 0 Å². The van der Waals surface area contributed by atoms with E-state index in [2.05, 4.69) is 36.6 Å². The van der Waals surface area contributed by atoms with E-state index in [0.29, 0.717) is 5.92 Å². The molecule has 98 valence electrons. The Balaban J connectivity index is 1.69. The lowest BCUT2D eigenvalue weighted by Crippen LogP contribution is -2.52. The molecule has 1 heterocycles. The second-order valence-electron chi connectivity index (χ2n) is 5.82. The molecule has 0 saturated carbocycles. The third-order valence-electron chi connectivity index (χ3n) is 4.67. The van der Waals surface area contributed by atoms with Crippen LogP contribution in [0.25, 0.3) is 0 Å². The van der Waals surface area contributed by atoms with E-state index in [1.165, 1.54) is 17.5 Å². The van der Waals surface area contributed by atoms with E-state index < -0.39 is 0 Å². The lowest BCUT2D eigenvalue weighted by atomic mass is 9.72. The minimum atomic E-state index is -0.0840. The van der Waals surface area contributed by atoms with E-state index >= 15 is 0 Å². The molecule has 3 heteroatoms. The second-order valence-corrected chi connectivity index (χ2v) is 5.82. The van der Waals surface area contributed by atoms with Crippen LogP contribution in [0, 0.1) is 0 Å². The summed E-state index contributed by atoms with van der Waals surface area (Å²) in [5.74, 6) is 6.40. The predicted octanol–water partition coefficient (Wildman–Crippen LogP) is 2.12. The highest BCUT2D eigenvalue weighted by atomic mass is 16.5. The Kier molecular flexibility index (Phi) is 3.14. The number of nitrogens with two attached hydrogens (primary N) is 1. The summed E-state index contributed by atoms with van der Waals surface area (Å²) >= 11 is 0. The fourth-order valence-electron chi connectivity index (χ4n) is 3.43. The first-order valence-electron chi connectivity index (χ1n) is 6.91. The molecule has 1 fully saturated rings. The number of fused-ring (bicyclic) bond motifs is 1. The summed E-state index contributed by atoms with van der Waals surface area (Å²) in [4.78, 5) is 0. The van der Waals surface area contributed by atoms with Gasteiger partial charge in [-0.2, -0.15) is 0 Å². The Bertz CT molecular complexity index is 426. The molecule has 0 bridgehead atoms. The average molecular weight is 246 g/mol. The van der Waals surface area contributed by atoms with Crippen LogP contribution in [-0.4, -0.2) is 18.2 Å². The van der Waals surface area contributed by atoms with Gasteiger partial charge in [0.15, 0.2) is 0 Å². The van der Waals surface area contributed by atoms with Crippen molar-refractivity contribution in [3.8, 4) is 0 Å². The van der Waals surface area contributed by atoms with Gasteiger partial charge in [0.25, 0.3) is 0 Å². The molecule has 2 aliphatic rings. The number of nitrogens with one attached hydrogen (secondary N) is 1. The van der Waals surface area contributed by atoms with E-state index in [1.54, 1.807) is 0 Å². The van der Waals surface area contributed by atoms with Crippen molar-refractivity contribution in [1.82, 2.24) is 5.43 Å². The van der Waals surface area contributed by atoms with E-state index in [0.717, 1.165) is 25.9 Å². The Morgan fingerprint density at radius 1 is 1.50 bits per heavy atom. The zero-order valence-corrected chi connectivity index (χ0v) is 11.0. The van der Waals surface area contributed by atoms with Crippen molar-refractivity contribution >= 4 is 0 Å². The van der Waals surface area contributed by atoms with Gasteiger partial charge in [0, 0.05) is 6.61 Å². The third-order valence-corrected chi connectivity index (χ3v) is 4.67. The van der Waals surface area contributed by atoms with Crippen LogP contribution in [0.4, 0.5) is 0 Å². The number of hydrazine groups is 1. The minimum Gasteiger partial charge on any atom is -0.374 e. The average Bonchev–Trinajstić information content (AvgIpc) is 2.79. The van der Waals surface area contributed by atoms with Crippen LogP contribution in [0.15, 0.2) is 24.3 Å². The fraction of sp³-hybridized carbons (Fsp3) is 0.600. The Hall–Kier alpha value is -0.900. The Morgan fingerprint density at radius 2 is 2.33 bits per heavy atom. The number of benzene rings is 1. The second kappa shape index (κ2) is 4.65. The highest BCUT2D eigenvalue weighted by Gasteiger charge is 2.40. The zero-order chi connectivity index (χ0) is 12.6. The quantitative estimate of drug-likeness (QED) is 0.632. The molecule has 1 aromatic carbocycles. The maximum atomic E-state index is 5.91. The standard InChI is InChI=1S/C15H22N2O/c1-15(7-4-8-18-15)14(17-16)10-12-9-11-5-2-3-6-13(11)12/h2-3,5-6,12,14,17H,4,7-10,16H2,1H3. The molecule has 18 heavy (non-hydrogen) atoms. The maximum Gasteiger partial charge on any atom is 0.0821 e. The minimum absolute atomic E-state index is 0.0840. The van der Waals surface area contributed by atoms with Gasteiger partial charge in [0.1, 0.15) is 0 Å². The molecule has 3 nitrogen and oxygen atoms in total. The number of hydrogen-bond donors (Lipinski definition) is 2. The number of hydrogen-bond acceptors (Lipinski definition) is 3. The van der Waals surface area contributed by atoms with E-state index in [4.69, 9.17) is 10.6 Å². The van der Waals surface area contributed by atoms with Crippen molar-refractivity contribution < 1.29 is 4.74 Å². The Morgan fingerprint density at radius 3 is 3.00 bits per heavy atom. The topological polar surface area (TPSA) is 47.3 Å². The lowest BCUT2D eigenvalue weighted by Gasteiger charge is -2.38. The lowest BCUT2D eigenvalue weighted by molar-refractivity contribution is -0.0163. The molecule has 3 unspecified atom stereocenters. The molecule has 0 radical (unpaired) electrons. The number of ether oxygens (including phenoxy) is 1. The first-order valence-corrected chi connectivity index (χ1v) is 6.91. The molecular weight excluding hydrogens is 224 g/mol. The van der Waals surface area contributed by atoms with Gasteiger partial charge in [0.05, 0.1) is 11.6 Å². The molecule has 0 amide bonds. The molecule has 1 aliphatic heterocycles. The predicted molar refractivity (Wildman–Crippen MR) is 72.2 cm³/mol. The molecule has 3 atom stereocenters. The largest absolute Gasteiger partial charge is 0.374 e. The first kappa shape index (κ1) is 12.2. The fourth-order valence-corrected chi connectivity index (χ4v) is 3.43. The third kappa shape index (κ3) is 1.96. The van der Waals surface area contributed by atoms with Gasteiger partial charge in [-0.25, -0.2) is 0 Å². The normalized spacial score (nSPS) is 31.8. The van der Waals surface area contributed by atoms with Gasteiger partial charge in [-0.3, -0.25) is 11.3 Å². The molecule has 3 N–H and O–H groups in total. The first-order chi connectivity index (χ1) is 8.73. The highest BCUT2D eigenvalue weighted by Crippen LogP contribution is 2.41. The van der Waals surface area contributed by atoms with Gasteiger partial charge < -0.3 is 4.74 Å². The molecule has 0 aromatic heterocycles. The molecule has 1 aromatic rings. The van der Waals surface area contributed by atoms with Crippen molar-refractivity contribution in [2.75, 3.05) is 6.61 Å². The van der Waals surface area contributed by atoms with Gasteiger partial charge in [0.2, 0.25) is 0 Å². The summed E-state index contributed by atoms with van der Waals surface area (Å²) in [6.45, 7) is 3.06. The van der Waals surface area contributed by atoms with E-state index in [1.807, 2.05) is 0 Å². The molecular formula is C15H22N2O. The smallest absolute Gasteiger partial charge is 0.0821 e. The van der Waals surface area contributed by atoms with Crippen LogP contribution in [0.3, 0.4) is 0 Å². The van der Waals surface area contributed by atoms with Crippen LogP contribution in [0.2, 0.25) is 0 Å². The van der Waals surface area contributed by atoms with Crippen LogP contribution in [0.1, 0.15) is 43.2 Å². The summed E-state index contributed by atoms with van der Waals surface area (Å²) in [5.41, 5.74) is 5.90. The molecule has 1 aliphatic carbocycles. The van der Waals surface area contributed by atoms with Crippen molar-refractivity contribution in [2.45, 2.75) is 50.2 Å². The van der Waals surface area contributed by atoms with Crippen molar-refractivity contribution in [1.29, 1.82) is 0 Å². The maximum absolute atomic E-state index is 5.91. The van der Waals surface area contributed by atoms with Gasteiger partial charge in [-0.05, 0) is 49.7 Å². The molecule has 0 spiro atoms. The van der Waals surface area contributed by atoms with Gasteiger partial charge >= 0.3 is 0 Å². The van der Waals surface area contributed by atoms with Crippen LogP contribution in [-0.2, 0) is 11.2 Å². The summed E-state index contributed by atoms with van der Waals surface area (Å²) in [6, 6.07) is 8.97. The van der Waals surface area contributed by atoms with Crippen molar-refractivity contribution in [2.24, 2.45) is 5.84 Å². The van der Waals surface area contributed by atoms with E-state index in [-0.39, 0.29) is 11.6 Å².